The van der Waals surface area contributed by atoms with Crippen molar-refractivity contribution in [3.63, 3.8) is 0 Å². The predicted molar refractivity (Wildman–Crippen MR) is 70.5 cm³/mol. The van der Waals surface area contributed by atoms with Gasteiger partial charge in [0.25, 0.3) is 0 Å². The van der Waals surface area contributed by atoms with E-state index in [1.165, 1.54) is 0 Å². The number of para-hydroxylation sites is 1. The summed E-state index contributed by atoms with van der Waals surface area (Å²) in [6, 6.07) is 7.61. The van der Waals surface area contributed by atoms with Gasteiger partial charge in [0.1, 0.15) is 0 Å². The Morgan fingerprint density at radius 2 is 2.22 bits per heavy atom. The first-order valence-corrected chi connectivity index (χ1v) is 5.74. The summed E-state index contributed by atoms with van der Waals surface area (Å²) < 4.78 is 0. The summed E-state index contributed by atoms with van der Waals surface area (Å²) >= 11 is 0. The highest BCUT2D eigenvalue weighted by atomic mass is 16.4. The van der Waals surface area contributed by atoms with E-state index in [0.717, 1.165) is 11.3 Å². The molecule has 5 heteroatoms. The van der Waals surface area contributed by atoms with Gasteiger partial charge in [-0.05, 0) is 19.0 Å². The number of hydrogen-bond acceptors (Lipinski definition) is 4. The molecule has 1 heterocycles. The summed E-state index contributed by atoms with van der Waals surface area (Å²) in [5.41, 5.74) is 7.80. The second kappa shape index (κ2) is 5.46. The van der Waals surface area contributed by atoms with Crippen molar-refractivity contribution in [1.82, 2.24) is 0 Å². The fraction of sp³-hybridized carbons (Fsp3) is 0.231. The number of aliphatic imine (C=N–C) groups is 1. The van der Waals surface area contributed by atoms with E-state index < -0.39 is 11.9 Å². The first kappa shape index (κ1) is 12.3. The minimum absolute atomic E-state index is 0.321. The molecular formula is C13H15N3O2. The number of hydrogen-bond donors (Lipinski definition) is 3. The third-order valence-electron chi connectivity index (χ3n) is 2.80. The van der Waals surface area contributed by atoms with Crippen LogP contribution in [0.5, 0.6) is 0 Å². The van der Waals surface area contributed by atoms with Crippen molar-refractivity contribution in [2.24, 2.45) is 16.6 Å². The van der Waals surface area contributed by atoms with Crippen LogP contribution < -0.4 is 11.1 Å². The highest BCUT2D eigenvalue weighted by molar-refractivity contribution is 5.90. The molecule has 1 unspecified atom stereocenters. The average molecular weight is 245 g/mol. The Balaban J connectivity index is 2.29. The minimum atomic E-state index is -0.895. The van der Waals surface area contributed by atoms with E-state index in [0.29, 0.717) is 18.7 Å². The van der Waals surface area contributed by atoms with Crippen molar-refractivity contribution in [2.75, 3.05) is 11.9 Å². The topological polar surface area (TPSA) is 87.7 Å². The first-order chi connectivity index (χ1) is 8.72. The van der Waals surface area contributed by atoms with Gasteiger partial charge in [0.15, 0.2) is 0 Å². The van der Waals surface area contributed by atoms with Crippen LogP contribution in [0, 0.1) is 5.92 Å². The monoisotopic (exact) mass is 245 g/mol. The molecule has 18 heavy (non-hydrogen) atoms. The molecule has 5 nitrogen and oxygen atoms in total. The number of carbonyl (C=O) groups is 1. The normalized spacial score (nSPS) is 15.1. The SMILES string of the molecule is NCCC(C(=O)O)C1=CN=Cc2ccccc2N1. The Bertz CT molecular complexity index is 509. The molecule has 1 aliphatic heterocycles. The van der Waals surface area contributed by atoms with Crippen LogP contribution in [0.4, 0.5) is 5.69 Å². The quantitative estimate of drug-likeness (QED) is 0.748. The molecule has 0 bridgehead atoms. The molecule has 0 spiro atoms. The van der Waals surface area contributed by atoms with E-state index in [4.69, 9.17) is 5.73 Å². The molecule has 0 aromatic heterocycles. The van der Waals surface area contributed by atoms with E-state index in [2.05, 4.69) is 10.3 Å². The molecule has 0 fully saturated rings. The third kappa shape index (κ3) is 2.57. The summed E-state index contributed by atoms with van der Waals surface area (Å²) in [6.45, 7) is 0.321. The Hall–Kier alpha value is -2.14. The van der Waals surface area contributed by atoms with Gasteiger partial charge >= 0.3 is 5.97 Å². The number of carboxylic acids is 1. The van der Waals surface area contributed by atoms with Gasteiger partial charge in [0, 0.05) is 29.4 Å². The van der Waals surface area contributed by atoms with E-state index in [9.17, 15) is 9.90 Å². The van der Waals surface area contributed by atoms with Crippen LogP contribution in [0.1, 0.15) is 12.0 Å². The summed E-state index contributed by atoms with van der Waals surface area (Å²) in [4.78, 5) is 15.4. The zero-order chi connectivity index (χ0) is 13.0. The smallest absolute Gasteiger partial charge is 0.312 e. The molecule has 0 aliphatic carbocycles. The number of nitrogens with one attached hydrogen (secondary N) is 1. The van der Waals surface area contributed by atoms with E-state index in [-0.39, 0.29) is 0 Å². The lowest BCUT2D eigenvalue weighted by molar-refractivity contribution is -0.140. The number of aliphatic carboxylic acids is 1. The number of benzene rings is 1. The zero-order valence-electron chi connectivity index (χ0n) is 9.84. The number of nitrogens with two attached hydrogens (primary N) is 1. The Morgan fingerprint density at radius 1 is 1.44 bits per heavy atom. The lowest BCUT2D eigenvalue weighted by Gasteiger charge is -2.17. The number of fused-ring (bicyclic) bond motifs is 1. The van der Waals surface area contributed by atoms with Gasteiger partial charge in [0.2, 0.25) is 0 Å². The van der Waals surface area contributed by atoms with Gasteiger partial charge in [0.05, 0.1) is 5.92 Å². The van der Waals surface area contributed by atoms with E-state index >= 15 is 0 Å². The Kier molecular flexibility index (Phi) is 3.74. The molecule has 0 saturated heterocycles. The summed E-state index contributed by atoms with van der Waals surface area (Å²) in [5, 5.41) is 12.3. The predicted octanol–water partition coefficient (Wildman–Crippen LogP) is 1.42. The van der Waals surface area contributed by atoms with Crippen LogP contribution in [0.3, 0.4) is 0 Å². The second-order valence-corrected chi connectivity index (χ2v) is 4.04. The van der Waals surface area contributed by atoms with Crippen LogP contribution in [0.2, 0.25) is 0 Å². The summed E-state index contributed by atoms with van der Waals surface area (Å²) in [6.07, 6.45) is 3.64. The van der Waals surface area contributed by atoms with Crippen LogP contribution in [0.25, 0.3) is 0 Å². The van der Waals surface area contributed by atoms with E-state index in [1.807, 2.05) is 24.3 Å². The lowest BCUT2D eigenvalue weighted by atomic mass is 10.0. The Morgan fingerprint density at radius 3 is 2.94 bits per heavy atom. The molecule has 94 valence electrons. The second-order valence-electron chi connectivity index (χ2n) is 4.04. The molecular weight excluding hydrogens is 230 g/mol. The van der Waals surface area contributed by atoms with Crippen LogP contribution >= 0.6 is 0 Å². The van der Waals surface area contributed by atoms with Crippen molar-refractivity contribution in [1.29, 1.82) is 0 Å². The fourth-order valence-corrected chi connectivity index (χ4v) is 1.86. The maximum absolute atomic E-state index is 11.2. The fourth-order valence-electron chi connectivity index (χ4n) is 1.86. The molecule has 2 rings (SSSR count). The maximum Gasteiger partial charge on any atom is 0.312 e. The molecule has 1 aromatic carbocycles. The third-order valence-corrected chi connectivity index (χ3v) is 2.80. The molecule has 0 saturated carbocycles. The Labute approximate surface area is 105 Å². The number of anilines is 1. The van der Waals surface area contributed by atoms with Crippen molar-refractivity contribution in [2.45, 2.75) is 6.42 Å². The van der Waals surface area contributed by atoms with Crippen LogP contribution in [0.15, 0.2) is 41.2 Å². The molecule has 0 radical (unpaired) electrons. The van der Waals surface area contributed by atoms with E-state index in [1.54, 1.807) is 12.4 Å². The van der Waals surface area contributed by atoms with Gasteiger partial charge in [-0.1, -0.05) is 18.2 Å². The molecule has 1 aromatic rings. The standard InChI is InChI=1S/C13H15N3O2/c14-6-5-10(13(17)18)12-8-15-7-9-3-1-2-4-11(9)16-12/h1-4,7-8,10,16H,5-6,14H2,(H,17,18). The zero-order valence-corrected chi connectivity index (χ0v) is 9.84. The van der Waals surface area contributed by atoms with Crippen molar-refractivity contribution >= 4 is 17.9 Å². The van der Waals surface area contributed by atoms with Crippen LogP contribution in [-0.4, -0.2) is 23.8 Å². The lowest BCUT2D eigenvalue weighted by Crippen LogP contribution is -2.23. The average Bonchev–Trinajstić information content (AvgIpc) is 2.57. The molecule has 1 aliphatic rings. The maximum atomic E-state index is 11.2. The summed E-state index contributed by atoms with van der Waals surface area (Å²) in [7, 11) is 0. The highest BCUT2D eigenvalue weighted by Crippen LogP contribution is 2.23. The first-order valence-electron chi connectivity index (χ1n) is 5.74. The molecule has 1 atom stereocenters. The summed E-state index contributed by atoms with van der Waals surface area (Å²) in [5.74, 6) is -1.55. The number of carboxylic acid groups (broad SMARTS) is 1. The van der Waals surface area contributed by atoms with Gasteiger partial charge < -0.3 is 16.2 Å². The van der Waals surface area contributed by atoms with Gasteiger partial charge in [-0.25, -0.2) is 0 Å². The van der Waals surface area contributed by atoms with Crippen molar-refractivity contribution in [3.05, 3.63) is 41.7 Å². The van der Waals surface area contributed by atoms with Gasteiger partial charge in [-0.3, -0.25) is 9.79 Å². The van der Waals surface area contributed by atoms with Crippen molar-refractivity contribution < 1.29 is 9.90 Å². The minimum Gasteiger partial charge on any atom is -0.481 e. The van der Waals surface area contributed by atoms with Crippen molar-refractivity contribution in [3.8, 4) is 0 Å². The largest absolute Gasteiger partial charge is 0.481 e. The number of rotatable bonds is 4. The molecule has 0 amide bonds. The number of nitrogens with zero attached hydrogens (tertiary/aromatic N) is 1. The highest BCUT2D eigenvalue weighted by Gasteiger charge is 2.23. The molecule has 4 N–H and O–H groups in total. The van der Waals surface area contributed by atoms with Gasteiger partial charge in [-0.15, -0.1) is 0 Å². The van der Waals surface area contributed by atoms with Gasteiger partial charge in [-0.2, -0.15) is 0 Å². The van der Waals surface area contributed by atoms with Crippen LogP contribution in [-0.2, 0) is 4.79 Å².